The minimum absolute atomic E-state index is 0.124. The van der Waals surface area contributed by atoms with Gasteiger partial charge in [0.05, 0.1) is 0 Å². The minimum atomic E-state index is 0.124. The Balaban J connectivity index is 3.09. The van der Waals surface area contributed by atoms with Crippen molar-refractivity contribution < 1.29 is 9.59 Å². The van der Waals surface area contributed by atoms with Crippen LogP contribution in [-0.4, -0.2) is 18.7 Å². The van der Waals surface area contributed by atoms with Gasteiger partial charge in [-0.2, -0.15) is 0 Å². The van der Waals surface area contributed by atoms with Crippen molar-refractivity contribution in [3.8, 4) is 0 Å². The lowest BCUT2D eigenvalue weighted by Crippen LogP contribution is -2.24. The van der Waals surface area contributed by atoms with Crippen molar-refractivity contribution in [1.29, 1.82) is 0 Å². The summed E-state index contributed by atoms with van der Waals surface area (Å²) in [5, 5.41) is 2.84. The highest BCUT2D eigenvalue weighted by molar-refractivity contribution is 5.75. The van der Waals surface area contributed by atoms with Crippen molar-refractivity contribution in [1.82, 2.24) is 5.32 Å². The van der Waals surface area contributed by atoms with Gasteiger partial charge < -0.3 is 5.32 Å². The molecule has 0 atom stereocenters. The van der Waals surface area contributed by atoms with Gasteiger partial charge in [0.1, 0.15) is 0 Å². The molecule has 1 N–H and O–H groups in total. The van der Waals surface area contributed by atoms with Crippen molar-refractivity contribution in [2.45, 2.75) is 110 Å². The Morgan fingerprint density at radius 2 is 1.22 bits per heavy atom. The molecule has 1 amide bonds. The van der Waals surface area contributed by atoms with Crippen LogP contribution < -0.4 is 5.32 Å². The lowest BCUT2D eigenvalue weighted by molar-refractivity contribution is -0.121. The van der Waals surface area contributed by atoms with Gasteiger partial charge >= 0.3 is 0 Å². The zero-order valence-corrected chi connectivity index (χ0v) is 15.3. The number of carbonyl (C=O) groups is 1. The van der Waals surface area contributed by atoms with Crippen LogP contribution in [-0.2, 0) is 9.59 Å². The van der Waals surface area contributed by atoms with Crippen molar-refractivity contribution in [3.05, 3.63) is 0 Å². The number of hydrogen-bond acceptors (Lipinski definition) is 2. The second-order valence-corrected chi connectivity index (χ2v) is 6.59. The predicted molar refractivity (Wildman–Crippen MR) is 98.2 cm³/mol. The largest absolute Gasteiger partial charge is 0.356 e. The molecule has 0 saturated carbocycles. The van der Waals surface area contributed by atoms with E-state index in [4.69, 9.17) is 0 Å². The van der Waals surface area contributed by atoms with E-state index in [0.717, 1.165) is 12.8 Å². The average molecular weight is 325 g/mol. The molecule has 3 nitrogen and oxygen atoms in total. The summed E-state index contributed by atoms with van der Waals surface area (Å²) in [5.41, 5.74) is 0. The third-order valence-electron chi connectivity index (χ3n) is 4.29. The first kappa shape index (κ1) is 22.1. The molecule has 0 fully saturated rings. The summed E-state index contributed by atoms with van der Waals surface area (Å²) in [7, 11) is 0. The third-order valence-corrected chi connectivity index (χ3v) is 4.29. The standard InChI is InChI=1S/C20H38NO2/c1-2-3-4-5-6-7-8-9-10-11-12-13-14-17-20(23)21-18-15-16-19-22/h2-18H2,1H3,(H,21,23). The Hall–Kier alpha value is -0.860. The highest BCUT2D eigenvalue weighted by atomic mass is 16.1. The van der Waals surface area contributed by atoms with E-state index >= 15 is 0 Å². The molecule has 0 aliphatic rings. The first-order valence-corrected chi connectivity index (χ1v) is 9.93. The van der Waals surface area contributed by atoms with E-state index in [0.29, 0.717) is 25.8 Å². The van der Waals surface area contributed by atoms with Crippen LogP contribution in [0.4, 0.5) is 0 Å². The SMILES string of the molecule is CCCCCCCCCCCCCCCC(=O)NCCC[C]=O. The van der Waals surface area contributed by atoms with Gasteiger partial charge in [-0.05, 0) is 12.8 Å². The molecule has 0 rings (SSSR count). The maximum atomic E-state index is 11.5. The second-order valence-electron chi connectivity index (χ2n) is 6.59. The molecule has 3 heteroatoms. The Kier molecular flexibility index (Phi) is 18.5. The predicted octanol–water partition coefficient (Wildman–Crippen LogP) is 5.47. The fraction of sp³-hybridized carbons (Fsp3) is 0.900. The Morgan fingerprint density at radius 3 is 1.70 bits per heavy atom. The summed E-state index contributed by atoms with van der Waals surface area (Å²) >= 11 is 0. The van der Waals surface area contributed by atoms with Crippen molar-refractivity contribution in [2.75, 3.05) is 6.54 Å². The van der Waals surface area contributed by atoms with E-state index in [1.807, 2.05) is 6.29 Å². The number of unbranched alkanes of at least 4 members (excludes halogenated alkanes) is 13. The van der Waals surface area contributed by atoms with Gasteiger partial charge in [0.15, 0.2) is 6.29 Å². The van der Waals surface area contributed by atoms with E-state index in [-0.39, 0.29) is 5.91 Å². The fourth-order valence-electron chi connectivity index (χ4n) is 2.78. The van der Waals surface area contributed by atoms with Gasteiger partial charge in [-0.25, -0.2) is 0 Å². The molecule has 0 heterocycles. The first-order chi connectivity index (χ1) is 11.3. The van der Waals surface area contributed by atoms with Gasteiger partial charge in [0.25, 0.3) is 0 Å². The Morgan fingerprint density at radius 1 is 0.739 bits per heavy atom. The maximum Gasteiger partial charge on any atom is 0.219 e. The molecular formula is C20H38NO2. The zero-order chi connectivity index (χ0) is 17.0. The molecular weight excluding hydrogens is 286 g/mol. The minimum Gasteiger partial charge on any atom is -0.356 e. The lowest BCUT2D eigenvalue weighted by Gasteiger charge is -2.04. The number of carbonyl (C=O) groups excluding carboxylic acids is 2. The van der Waals surface area contributed by atoms with E-state index in [9.17, 15) is 9.59 Å². The highest BCUT2D eigenvalue weighted by Crippen LogP contribution is 2.12. The zero-order valence-electron chi connectivity index (χ0n) is 15.3. The quantitative estimate of drug-likeness (QED) is 0.340. The summed E-state index contributed by atoms with van der Waals surface area (Å²) in [6.07, 6.45) is 20.8. The summed E-state index contributed by atoms with van der Waals surface area (Å²) in [4.78, 5) is 21.5. The van der Waals surface area contributed by atoms with Crippen LogP contribution in [0.5, 0.6) is 0 Å². The first-order valence-electron chi connectivity index (χ1n) is 9.93. The smallest absolute Gasteiger partial charge is 0.219 e. The molecule has 0 aromatic heterocycles. The summed E-state index contributed by atoms with van der Waals surface area (Å²) in [6.45, 7) is 2.87. The highest BCUT2D eigenvalue weighted by Gasteiger charge is 2.00. The molecule has 0 unspecified atom stereocenters. The number of hydrogen-bond donors (Lipinski definition) is 1. The number of amides is 1. The van der Waals surface area contributed by atoms with Crippen molar-refractivity contribution in [2.24, 2.45) is 0 Å². The van der Waals surface area contributed by atoms with Crippen LogP contribution in [0.25, 0.3) is 0 Å². The van der Waals surface area contributed by atoms with Crippen LogP contribution >= 0.6 is 0 Å². The molecule has 0 saturated heterocycles. The molecule has 0 spiro atoms. The molecule has 135 valence electrons. The normalized spacial score (nSPS) is 10.7. The van der Waals surface area contributed by atoms with Crippen LogP contribution in [0.2, 0.25) is 0 Å². The monoisotopic (exact) mass is 324 g/mol. The third kappa shape index (κ3) is 19.1. The van der Waals surface area contributed by atoms with Crippen molar-refractivity contribution in [3.63, 3.8) is 0 Å². The van der Waals surface area contributed by atoms with E-state index in [2.05, 4.69) is 12.2 Å². The van der Waals surface area contributed by atoms with E-state index < -0.39 is 0 Å². The maximum absolute atomic E-state index is 11.5. The van der Waals surface area contributed by atoms with E-state index in [1.54, 1.807) is 0 Å². The van der Waals surface area contributed by atoms with Crippen LogP contribution in [0.15, 0.2) is 0 Å². The molecule has 0 aromatic rings. The van der Waals surface area contributed by atoms with Gasteiger partial charge in [-0.15, -0.1) is 0 Å². The van der Waals surface area contributed by atoms with Crippen LogP contribution in [0.3, 0.4) is 0 Å². The fourth-order valence-corrected chi connectivity index (χ4v) is 2.78. The Labute approximate surface area is 144 Å². The lowest BCUT2D eigenvalue weighted by atomic mass is 10.0. The summed E-state index contributed by atoms with van der Waals surface area (Å²) in [6, 6.07) is 0. The molecule has 1 radical (unpaired) electrons. The van der Waals surface area contributed by atoms with E-state index in [1.165, 1.54) is 70.6 Å². The van der Waals surface area contributed by atoms with Gasteiger partial charge in [-0.3, -0.25) is 9.59 Å². The Bertz CT molecular complexity index is 266. The van der Waals surface area contributed by atoms with Crippen LogP contribution in [0, 0.1) is 0 Å². The molecule has 23 heavy (non-hydrogen) atoms. The molecule has 0 aliphatic heterocycles. The topological polar surface area (TPSA) is 46.2 Å². The van der Waals surface area contributed by atoms with Gasteiger partial charge in [0.2, 0.25) is 5.91 Å². The van der Waals surface area contributed by atoms with Crippen molar-refractivity contribution >= 4 is 12.2 Å². The summed E-state index contributed by atoms with van der Waals surface area (Å²) in [5.74, 6) is 0.124. The molecule has 0 bridgehead atoms. The van der Waals surface area contributed by atoms with Gasteiger partial charge in [-0.1, -0.05) is 84.0 Å². The molecule has 0 aromatic carbocycles. The van der Waals surface area contributed by atoms with Gasteiger partial charge in [0, 0.05) is 19.4 Å². The summed E-state index contributed by atoms with van der Waals surface area (Å²) < 4.78 is 0. The number of nitrogens with one attached hydrogen (secondary N) is 1. The van der Waals surface area contributed by atoms with Crippen LogP contribution in [0.1, 0.15) is 110 Å². The number of rotatable bonds is 18. The molecule has 0 aliphatic carbocycles. The average Bonchev–Trinajstić information content (AvgIpc) is 2.56. The second kappa shape index (κ2) is 19.2.